The van der Waals surface area contributed by atoms with E-state index in [0.29, 0.717) is 11.3 Å². The number of halogens is 1. The highest BCUT2D eigenvalue weighted by molar-refractivity contribution is 9.10. The Morgan fingerprint density at radius 1 is 1.15 bits per heavy atom. The van der Waals surface area contributed by atoms with Crippen molar-refractivity contribution in [2.24, 2.45) is 5.92 Å². The molecule has 0 aliphatic heterocycles. The first kappa shape index (κ1) is 19.1. The molecule has 2 aromatic rings. The zero-order valence-corrected chi connectivity index (χ0v) is 16.3. The molecule has 0 spiro atoms. The first-order valence-corrected chi connectivity index (χ1v) is 9.28. The van der Waals surface area contributed by atoms with Crippen LogP contribution < -0.4 is 10.6 Å². The maximum atomic E-state index is 12.5. The van der Waals surface area contributed by atoms with E-state index in [0.717, 1.165) is 16.5 Å². The number of amides is 2. The standard InChI is InChI=1S/C20H19BrN2O4/c1-27-18(24)11-22-19(25)13-3-2-4-15(9-13)23-20(26)17-10-16(17)12-5-7-14(21)8-6-12/h2-9,16-17H,10-11H2,1H3,(H,22,25)(H,23,26). The van der Waals surface area contributed by atoms with Gasteiger partial charge in [-0.25, -0.2) is 0 Å². The molecule has 1 fully saturated rings. The van der Waals surface area contributed by atoms with E-state index in [9.17, 15) is 14.4 Å². The molecular weight excluding hydrogens is 412 g/mol. The van der Waals surface area contributed by atoms with Gasteiger partial charge in [0, 0.05) is 21.6 Å². The Balaban J connectivity index is 1.58. The second-order valence-corrected chi connectivity index (χ2v) is 7.24. The van der Waals surface area contributed by atoms with Crippen LogP contribution in [0.5, 0.6) is 0 Å². The molecule has 1 aliphatic rings. The van der Waals surface area contributed by atoms with E-state index >= 15 is 0 Å². The summed E-state index contributed by atoms with van der Waals surface area (Å²) >= 11 is 3.41. The first-order valence-electron chi connectivity index (χ1n) is 8.49. The van der Waals surface area contributed by atoms with Crippen molar-refractivity contribution in [2.45, 2.75) is 12.3 Å². The number of carbonyl (C=O) groups is 3. The minimum atomic E-state index is -0.527. The van der Waals surface area contributed by atoms with Crippen molar-refractivity contribution in [2.75, 3.05) is 19.0 Å². The molecule has 1 saturated carbocycles. The van der Waals surface area contributed by atoms with Crippen LogP contribution in [0.2, 0.25) is 0 Å². The third-order valence-electron chi connectivity index (χ3n) is 4.44. The minimum absolute atomic E-state index is 0.0602. The average molecular weight is 431 g/mol. The summed E-state index contributed by atoms with van der Waals surface area (Å²) in [5.74, 6) is -0.834. The van der Waals surface area contributed by atoms with Crippen LogP contribution in [0.25, 0.3) is 0 Å². The van der Waals surface area contributed by atoms with Crippen LogP contribution in [0, 0.1) is 5.92 Å². The normalized spacial score (nSPS) is 17.7. The van der Waals surface area contributed by atoms with Gasteiger partial charge in [-0.15, -0.1) is 0 Å². The Morgan fingerprint density at radius 2 is 1.89 bits per heavy atom. The number of ether oxygens (including phenoxy) is 1. The van der Waals surface area contributed by atoms with Gasteiger partial charge < -0.3 is 15.4 Å². The van der Waals surface area contributed by atoms with Crippen LogP contribution in [0.3, 0.4) is 0 Å². The molecule has 3 rings (SSSR count). The van der Waals surface area contributed by atoms with Crippen LogP contribution in [-0.4, -0.2) is 31.4 Å². The number of methoxy groups -OCH3 is 1. The second kappa shape index (κ2) is 8.35. The van der Waals surface area contributed by atoms with Gasteiger partial charge in [0.25, 0.3) is 5.91 Å². The highest BCUT2D eigenvalue weighted by Crippen LogP contribution is 2.48. The van der Waals surface area contributed by atoms with Gasteiger partial charge in [-0.1, -0.05) is 34.1 Å². The van der Waals surface area contributed by atoms with Crippen molar-refractivity contribution in [1.82, 2.24) is 5.32 Å². The predicted octanol–water partition coefficient (Wildman–Crippen LogP) is 3.09. The molecule has 2 amide bonds. The topological polar surface area (TPSA) is 84.5 Å². The van der Waals surface area contributed by atoms with Gasteiger partial charge in [0.2, 0.25) is 5.91 Å². The molecule has 1 aliphatic carbocycles. The van der Waals surface area contributed by atoms with Crippen molar-refractivity contribution in [3.05, 3.63) is 64.1 Å². The fourth-order valence-corrected chi connectivity index (χ4v) is 3.13. The van der Waals surface area contributed by atoms with Gasteiger partial charge in [-0.3, -0.25) is 14.4 Å². The van der Waals surface area contributed by atoms with Gasteiger partial charge in [-0.05, 0) is 48.2 Å². The summed E-state index contributed by atoms with van der Waals surface area (Å²) in [7, 11) is 1.25. The van der Waals surface area contributed by atoms with Gasteiger partial charge in [0.1, 0.15) is 6.54 Å². The summed E-state index contributed by atoms with van der Waals surface area (Å²) in [5, 5.41) is 5.33. The fraction of sp³-hybridized carbons (Fsp3) is 0.250. The fourth-order valence-electron chi connectivity index (χ4n) is 2.86. The van der Waals surface area contributed by atoms with Crippen molar-refractivity contribution >= 4 is 39.4 Å². The number of nitrogens with one attached hydrogen (secondary N) is 2. The molecule has 2 N–H and O–H groups in total. The van der Waals surface area contributed by atoms with E-state index < -0.39 is 11.9 Å². The first-order chi connectivity index (χ1) is 13.0. The van der Waals surface area contributed by atoms with E-state index in [1.54, 1.807) is 24.3 Å². The van der Waals surface area contributed by atoms with Gasteiger partial charge in [0.05, 0.1) is 7.11 Å². The molecule has 0 aromatic heterocycles. The van der Waals surface area contributed by atoms with Crippen LogP contribution in [0.4, 0.5) is 5.69 Å². The quantitative estimate of drug-likeness (QED) is 0.689. The van der Waals surface area contributed by atoms with Gasteiger partial charge >= 0.3 is 5.97 Å². The summed E-state index contributed by atoms with van der Waals surface area (Å²) in [6, 6.07) is 14.6. The molecule has 0 heterocycles. The smallest absolute Gasteiger partial charge is 0.325 e. The zero-order chi connectivity index (χ0) is 19.4. The molecule has 27 heavy (non-hydrogen) atoms. The number of benzene rings is 2. The highest BCUT2D eigenvalue weighted by Gasteiger charge is 2.43. The van der Waals surface area contributed by atoms with Gasteiger partial charge in [-0.2, -0.15) is 0 Å². The highest BCUT2D eigenvalue weighted by atomic mass is 79.9. The minimum Gasteiger partial charge on any atom is -0.468 e. The Morgan fingerprint density at radius 3 is 2.59 bits per heavy atom. The number of hydrogen-bond acceptors (Lipinski definition) is 4. The number of anilines is 1. The van der Waals surface area contributed by atoms with E-state index in [-0.39, 0.29) is 24.3 Å². The number of hydrogen-bond donors (Lipinski definition) is 2. The van der Waals surface area contributed by atoms with E-state index in [1.807, 2.05) is 24.3 Å². The number of esters is 1. The summed E-state index contributed by atoms with van der Waals surface area (Å²) in [6.45, 7) is -0.205. The van der Waals surface area contributed by atoms with E-state index in [1.165, 1.54) is 7.11 Å². The SMILES string of the molecule is COC(=O)CNC(=O)c1cccc(NC(=O)C2CC2c2ccc(Br)cc2)c1. The maximum absolute atomic E-state index is 12.5. The third kappa shape index (κ3) is 4.95. The average Bonchev–Trinajstić information content (AvgIpc) is 3.47. The molecule has 7 heteroatoms. The van der Waals surface area contributed by atoms with Gasteiger partial charge in [0.15, 0.2) is 0 Å². The summed E-state index contributed by atoms with van der Waals surface area (Å²) < 4.78 is 5.50. The van der Waals surface area contributed by atoms with Crippen LogP contribution >= 0.6 is 15.9 Å². The van der Waals surface area contributed by atoms with Crippen molar-refractivity contribution in [3.8, 4) is 0 Å². The molecule has 2 unspecified atom stereocenters. The monoisotopic (exact) mass is 430 g/mol. The lowest BCUT2D eigenvalue weighted by molar-refractivity contribution is -0.139. The molecule has 2 aromatic carbocycles. The second-order valence-electron chi connectivity index (χ2n) is 6.33. The molecule has 0 bridgehead atoms. The molecule has 0 radical (unpaired) electrons. The summed E-state index contributed by atoms with van der Waals surface area (Å²) in [5.41, 5.74) is 2.05. The predicted molar refractivity (Wildman–Crippen MR) is 104 cm³/mol. The Bertz CT molecular complexity index is 867. The Kier molecular flexibility index (Phi) is 5.91. The van der Waals surface area contributed by atoms with E-state index in [4.69, 9.17) is 0 Å². The number of carbonyl (C=O) groups excluding carboxylic acids is 3. The molecule has 0 saturated heterocycles. The molecular formula is C20H19BrN2O4. The Hall–Kier alpha value is -2.67. The molecule has 6 nitrogen and oxygen atoms in total. The summed E-state index contributed by atoms with van der Waals surface area (Å²) in [4.78, 5) is 35.7. The molecule has 2 atom stereocenters. The largest absolute Gasteiger partial charge is 0.468 e. The third-order valence-corrected chi connectivity index (χ3v) is 4.97. The Labute approximate surface area is 165 Å². The zero-order valence-electron chi connectivity index (χ0n) is 14.7. The van der Waals surface area contributed by atoms with Crippen molar-refractivity contribution < 1.29 is 19.1 Å². The van der Waals surface area contributed by atoms with Crippen molar-refractivity contribution in [3.63, 3.8) is 0 Å². The van der Waals surface area contributed by atoms with Crippen LogP contribution in [-0.2, 0) is 14.3 Å². The summed E-state index contributed by atoms with van der Waals surface area (Å²) in [6.07, 6.45) is 0.812. The van der Waals surface area contributed by atoms with Crippen LogP contribution in [0.15, 0.2) is 53.0 Å². The lowest BCUT2D eigenvalue weighted by Crippen LogP contribution is -2.30. The lowest BCUT2D eigenvalue weighted by atomic mass is 10.1. The van der Waals surface area contributed by atoms with Crippen LogP contribution in [0.1, 0.15) is 28.3 Å². The number of rotatable bonds is 6. The van der Waals surface area contributed by atoms with E-state index in [2.05, 4.69) is 31.3 Å². The lowest BCUT2D eigenvalue weighted by Gasteiger charge is -2.08. The van der Waals surface area contributed by atoms with Crippen molar-refractivity contribution in [1.29, 1.82) is 0 Å². The molecule has 140 valence electrons. The maximum Gasteiger partial charge on any atom is 0.325 e.